The van der Waals surface area contributed by atoms with Gasteiger partial charge in [0.25, 0.3) is 11.4 Å². The summed E-state index contributed by atoms with van der Waals surface area (Å²) >= 11 is 2.54. The van der Waals surface area contributed by atoms with Crippen LogP contribution in [-0.2, 0) is 19.2 Å². The summed E-state index contributed by atoms with van der Waals surface area (Å²) in [5, 5.41) is 40.1. The van der Waals surface area contributed by atoms with Gasteiger partial charge in [-0.25, -0.2) is 9.59 Å². The van der Waals surface area contributed by atoms with Crippen LogP contribution in [0.4, 0.5) is 11.4 Å². The molecule has 2 fully saturated rings. The van der Waals surface area contributed by atoms with E-state index < -0.39 is 44.6 Å². The van der Waals surface area contributed by atoms with Crippen molar-refractivity contribution >= 4 is 58.7 Å². The molecule has 2 aromatic carbocycles. The van der Waals surface area contributed by atoms with Crippen LogP contribution in [0, 0.1) is 20.2 Å². The van der Waals surface area contributed by atoms with E-state index in [0.717, 1.165) is 0 Å². The van der Waals surface area contributed by atoms with Gasteiger partial charge in [0, 0.05) is 48.6 Å². The number of unbranched alkanes of at least 4 members (excludes halogenated alkanes) is 2. The van der Waals surface area contributed by atoms with Crippen molar-refractivity contribution < 1.29 is 39.2 Å². The van der Waals surface area contributed by atoms with Gasteiger partial charge in [-0.3, -0.25) is 29.8 Å². The molecule has 0 aromatic heterocycles. The number of nitro groups is 2. The van der Waals surface area contributed by atoms with E-state index in [2.05, 4.69) is 0 Å². The fourth-order valence-electron chi connectivity index (χ4n) is 5.02. The first kappa shape index (κ1) is 31.7. The molecular weight excluding hydrogens is 604 g/mol. The average Bonchev–Trinajstić information content (AvgIpc) is 3.63. The van der Waals surface area contributed by atoms with E-state index in [0.29, 0.717) is 30.4 Å². The van der Waals surface area contributed by atoms with Gasteiger partial charge in [0.05, 0.1) is 9.85 Å². The normalized spacial score (nSPS) is 21.5. The number of carbonyl (C=O) groups excluding carboxylic acids is 2. The smallest absolute Gasteiger partial charge is 0.327 e. The first-order chi connectivity index (χ1) is 20.5. The number of hydrogen-bond donors (Lipinski definition) is 2. The molecule has 2 aromatic rings. The first-order valence-electron chi connectivity index (χ1n) is 13.3. The van der Waals surface area contributed by atoms with Crippen LogP contribution in [0.2, 0.25) is 0 Å². The lowest BCUT2D eigenvalue weighted by molar-refractivity contribution is -0.385. The number of benzene rings is 2. The van der Waals surface area contributed by atoms with E-state index in [4.69, 9.17) is 0 Å². The van der Waals surface area contributed by atoms with Crippen molar-refractivity contribution in [2.45, 2.75) is 54.9 Å². The quantitative estimate of drug-likeness (QED) is 0.192. The fourth-order valence-corrected chi connectivity index (χ4v) is 7.91. The summed E-state index contributed by atoms with van der Waals surface area (Å²) in [5.74, 6) is -2.71. The lowest BCUT2D eigenvalue weighted by atomic mass is 10.1. The van der Waals surface area contributed by atoms with Crippen molar-refractivity contribution in [3.05, 3.63) is 79.9 Å². The number of rotatable bonds is 12. The Morgan fingerprint density at radius 2 is 1.02 bits per heavy atom. The first-order valence-corrected chi connectivity index (χ1v) is 15.4. The highest BCUT2D eigenvalue weighted by Crippen LogP contribution is 2.43. The van der Waals surface area contributed by atoms with E-state index in [1.54, 1.807) is 0 Å². The SMILES string of the molecule is O=C(O)[C@@H]1CSC(c2ccc([N+](=O)[O-])cc2)N1C(=O)CCCCCC(=O)N1C(c2ccc([N+](=O)[O-])cc2)SC[C@H]1C(=O)O. The molecule has 0 aliphatic carbocycles. The van der Waals surface area contributed by atoms with Crippen LogP contribution in [0.3, 0.4) is 0 Å². The molecule has 0 spiro atoms. The average molecular weight is 633 g/mol. The van der Waals surface area contributed by atoms with Gasteiger partial charge in [0.15, 0.2) is 0 Å². The highest BCUT2D eigenvalue weighted by Gasteiger charge is 2.43. The third-order valence-electron chi connectivity index (χ3n) is 7.21. The van der Waals surface area contributed by atoms with Crippen LogP contribution in [0.1, 0.15) is 54.0 Å². The Kier molecular flexibility index (Phi) is 10.2. The molecule has 2 unspecified atom stereocenters. The van der Waals surface area contributed by atoms with E-state index in [1.807, 2.05) is 0 Å². The van der Waals surface area contributed by atoms with Crippen molar-refractivity contribution in [3.63, 3.8) is 0 Å². The highest BCUT2D eigenvalue weighted by atomic mass is 32.2. The molecular formula is C27H28N4O10S2. The Hall–Kier alpha value is -4.18. The lowest BCUT2D eigenvalue weighted by Gasteiger charge is -2.28. The number of amides is 2. The Bertz CT molecular complexity index is 1300. The minimum absolute atomic E-state index is 0.0325. The van der Waals surface area contributed by atoms with Gasteiger partial charge >= 0.3 is 11.9 Å². The molecule has 2 heterocycles. The van der Waals surface area contributed by atoms with E-state index in [-0.39, 0.29) is 47.5 Å². The molecule has 2 aliphatic rings. The molecule has 2 N–H and O–H groups in total. The van der Waals surface area contributed by atoms with Gasteiger partial charge in [-0.2, -0.15) is 0 Å². The Morgan fingerprint density at radius 1 is 0.674 bits per heavy atom. The van der Waals surface area contributed by atoms with Crippen molar-refractivity contribution in [2.75, 3.05) is 11.5 Å². The summed E-state index contributed by atoms with van der Waals surface area (Å²) in [6.07, 6.45) is 1.26. The van der Waals surface area contributed by atoms with Gasteiger partial charge in [-0.05, 0) is 48.2 Å². The lowest BCUT2D eigenvalue weighted by Crippen LogP contribution is -2.43. The highest BCUT2D eigenvalue weighted by molar-refractivity contribution is 8.00. The van der Waals surface area contributed by atoms with Gasteiger partial charge < -0.3 is 20.0 Å². The topological polar surface area (TPSA) is 201 Å². The molecule has 43 heavy (non-hydrogen) atoms. The Labute approximate surface area is 253 Å². The third kappa shape index (κ3) is 7.25. The van der Waals surface area contributed by atoms with Crippen molar-refractivity contribution in [2.24, 2.45) is 0 Å². The van der Waals surface area contributed by atoms with E-state index >= 15 is 0 Å². The number of carbonyl (C=O) groups is 4. The number of nitro benzene ring substituents is 2. The zero-order valence-corrected chi connectivity index (χ0v) is 24.3. The summed E-state index contributed by atoms with van der Waals surface area (Å²) < 4.78 is 0. The summed E-state index contributed by atoms with van der Waals surface area (Å²) in [7, 11) is 0. The van der Waals surface area contributed by atoms with E-state index in [1.165, 1.54) is 81.9 Å². The van der Waals surface area contributed by atoms with Crippen LogP contribution in [0.25, 0.3) is 0 Å². The maximum atomic E-state index is 13.2. The summed E-state index contributed by atoms with van der Waals surface area (Å²) in [4.78, 5) is 73.5. The summed E-state index contributed by atoms with van der Waals surface area (Å²) in [5.41, 5.74) is 0.931. The van der Waals surface area contributed by atoms with Crippen LogP contribution in [0.5, 0.6) is 0 Å². The molecule has 0 bridgehead atoms. The standard InChI is InChI=1S/C27H28N4O10S2/c32-22(28-20(26(34)35)14-42-24(28)16-6-10-18(11-7-16)30(38)39)4-2-1-3-5-23(33)29-21(27(36)37)15-43-25(29)17-8-12-19(13-9-17)31(40)41/h6-13,20-21,24-25H,1-5,14-15H2,(H,34,35)(H,36,37)/t20-,21-,24?,25?/m0/s1. The summed E-state index contributed by atoms with van der Waals surface area (Å²) in [6.45, 7) is 0. The number of carboxylic acid groups (broad SMARTS) is 2. The second kappa shape index (κ2) is 13.9. The molecule has 14 nitrogen and oxygen atoms in total. The molecule has 2 aliphatic heterocycles. The third-order valence-corrected chi connectivity index (χ3v) is 9.85. The van der Waals surface area contributed by atoms with Gasteiger partial charge in [0.2, 0.25) is 11.8 Å². The minimum Gasteiger partial charge on any atom is -0.480 e. The number of carboxylic acids is 2. The molecule has 2 amide bonds. The van der Waals surface area contributed by atoms with Crippen molar-refractivity contribution in [1.29, 1.82) is 0 Å². The number of aliphatic carboxylic acids is 2. The number of thioether (sulfide) groups is 2. The molecule has 0 saturated carbocycles. The largest absolute Gasteiger partial charge is 0.480 e. The van der Waals surface area contributed by atoms with Crippen LogP contribution < -0.4 is 0 Å². The maximum absolute atomic E-state index is 13.2. The Balaban J connectivity index is 1.34. The molecule has 4 rings (SSSR count). The predicted octanol–water partition coefficient (Wildman–Crippen LogP) is 4.21. The van der Waals surface area contributed by atoms with Crippen LogP contribution in [-0.4, -0.2) is 77.2 Å². The van der Waals surface area contributed by atoms with Gasteiger partial charge in [-0.1, -0.05) is 6.42 Å². The monoisotopic (exact) mass is 632 g/mol. The molecule has 228 valence electrons. The fraction of sp³-hybridized carbons (Fsp3) is 0.407. The zero-order chi connectivity index (χ0) is 31.3. The van der Waals surface area contributed by atoms with Crippen LogP contribution >= 0.6 is 23.5 Å². The predicted molar refractivity (Wildman–Crippen MR) is 156 cm³/mol. The van der Waals surface area contributed by atoms with E-state index in [9.17, 15) is 49.6 Å². The number of nitrogens with zero attached hydrogens (tertiary/aromatic N) is 4. The maximum Gasteiger partial charge on any atom is 0.327 e. The second-order valence-electron chi connectivity index (χ2n) is 9.94. The van der Waals surface area contributed by atoms with Crippen molar-refractivity contribution in [1.82, 2.24) is 9.80 Å². The van der Waals surface area contributed by atoms with Gasteiger partial charge in [-0.15, -0.1) is 23.5 Å². The number of hydrogen-bond acceptors (Lipinski definition) is 10. The Morgan fingerprint density at radius 3 is 1.33 bits per heavy atom. The number of non-ortho nitro benzene ring substituents is 2. The zero-order valence-electron chi connectivity index (χ0n) is 22.6. The molecule has 0 radical (unpaired) electrons. The molecule has 4 atom stereocenters. The minimum atomic E-state index is -1.14. The van der Waals surface area contributed by atoms with Crippen LogP contribution in [0.15, 0.2) is 48.5 Å². The summed E-state index contributed by atoms with van der Waals surface area (Å²) in [6, 6.07) is 9.19. The van der Waals surface area contributed by atoms with Gasteiger partial charge in [0.1, 0.15) is 22.8 Å². The second-order valence-corrected chi connectivity index (χ2v) is 12.2. The van der Waals surface area contributed by atoms with Crippen molar-refractivity contribution in [3.8, 4) is 0 Å². The molecule has 16 heteroatoms. The molecule has 2 saturated heterocycles.